The number of fused-ring (bicyclic) bond motifs is 4. The van der Waals surface area contributed by atoms with Crippen LogP contribution < -0.4 is 0 Å². The number of ether oxygens (including phenoxy) is 6. The lowest BCUT2D eigenvalue weighted by molar-refractivity contribution is -0.358. The van der Waals surface area contributed by atoms with E-state index in [-0.39, 0.29) is 46.4 Å². The van der Waals surface area contributed by atoms with Crippen molar-refractivity contribution in [3.8, 4) is 0 Å². The Labute approximate surface area is 319 Å². The van der Waals surface area contributed by atoms with Gasteiger partial charge < -0.3 is 64.2 Å². The lowest BCUT2D eigenvalue weighted by Gasteiger charge is -2.70. The molecular weight excluding hydrogens is 700 g/mol. The Hall–Kier alpha value is -0.780. The zero-order valence-electron chi connectivity index (χ0n) is 33.1. The molecule has 308 valence electrons. The van der Waals surface area contributed by atoms with Crippen molar-refractivity contribution < 1.29 is 64.2 Å². The molecule has 0 unspecified atom stereocenters. The zero-order chi connectivity index (χ0) is 39.0. The molecule has 0 amide bonds. The van der Waals surface area contributed by atoms with E-state index >= 15 is 0 Å². The van der Waals surface area contributed by atoms with Crippen LogP contribution in [-0.4, -0.2) is 134 Å². The van der Waals surface area contributed by atoms with Crippen LogP contribution in [0.2, 0.25) is 0 Å². The first kappa shape index (κ1) is 40.0. The summed E-state index contributed by atoms with van der Waals surface area (Å²) in [6.45, 7) is 15.6. The second-order valence-electron chi connectivity index (χ2n) is 20.2. The topological polar surface area (TPSA) is 197 Å². The van der Waals surface area contributed by atoms with E-state index < -0.39 is 73.3 Å². The van der Waals surface area contributed by atoms with Gasteiger partial charge in [0.15, 0.2) is 18.4 Å². The van der Waals surface area contributed by atoms with Gasteiger partial charge in [-0.3, -0.25) is 0 Å². The second-order valence-corrected chi connectivity index (χ2v) is 20.2. The maximum atomic E-state index is 12.1. The highest BCUT2D eigenvalue weighted by Gasteiger charge is 2.80. The van der Waals surface area contributed by atoms with E-state index in [9.17, 15) is 35.7 Å². The van der Waals surface area contributed by atoms with Gasteiger partial charge in [0.1, 0.15) is 42.7 Å². The Morgan fingerprint density at radius 2 is 1.57 bits per heavy atom. The highest BCUT2D eigenvalue weighted by Crippen LogP contribution is 2.80. The summed E-state index contributed by atoms with van der Waals surface area (Å²) >= 11 is 0. The van der Waals surface area contributed by atoms with Crippen molar-refractivity contribution in [1.82, 2.24) is 0 Å². The number of aliphatic hydroxyl groups is 7. The fourth-order valence-electron chi connectivity index (χ4n) is 14.4. The van der Waals surface area contributed by atoms with Crippen LogP contribution in [0.1, 0.15) is 99.8 Å². The Morgan fingerprint density at radius 1 is 0.833 bits per heavy atom. The maximum absolute atomic E-state index is 12.1. The third kappa shape index (κ3) is 5.65. The summed E-state index contributed by atoms with van der Waals surface area (Å²) in [7, 11) is 0. The van der Waals surface area contributed by atoms with Crippen molar-refractivity contribution in [2.75, 3.05) is 19.8 Å². The summed E-state index contributed by atoms with van der Waals surface area (Å²) in [6.07, 6.45) is -3.77. The fraction of sp³-hybridized carbons (Fsp3) is 0.951. The minimum absolute atomic E-state index is 0.00497. The van der Waals surface area contributed by atoms with Crippen LogP contribution in [0.5, 0.6) is 0 Å². The Morgan fingerprint density at radius 3 is 2.28 bits per heavy atom. The van der Waals surface area contributed by atoms with Crippen molar-refractivity contribution >= 4 is 0 Å². The number of rotatable bonds is 6. The normalized spacial score (nSPS) is 57.7. The molecule has 20 atom stereocenters. The fourth-order valence-corrected chi connectivity index (χ4v) is 14.4. The van der Waals surface area contributed by atoms with Crippen LogP contribution in [0.25, 0.3) is 0 Å². The Balaban J connectivity index is 0.992. The Kier molecular flexibility index (Phi) is 9.91. The molecule has 2 bridgehead atoms. The SMILES string of the molecule is CC(C)=C[C@@H]1C[C@](C)(O)[C@H]2[C@@H]3CC[C@@H]4[C@@]5(C)CC[C@H](O[C@H]6OC[C@H](O)[C@@H](O[C@H]7O[C@@H](CO)[C@H](O)[C@@H](O)[C@@H]7O)[C@@H]6O)C(C)(C)[C@H]5CC[C@]4(C)[C@@]34CO[C@@]2(C4)O1. The third-order valence-corrected chi connectivity index (χ3v) is 16.6. The summed E-state index contributed by atoms with van der Waals surface area (Å²) in [6, 6.07) is 0. The summed E-state index contributed by atoms with van der Waals surface area (Å²) in [5.41, 5.74) is -0.0544. The number of aliphatic hydroxyl groups excluding tert-OH is 6. The van der Waals surface area contributed by atoms with Crippen LogP contribution in [-0.2, 0) is 28.4 Å². The van der Waals surface area contributed by atoms with Crippen LogP contribution in [0.15, 0.2) is 11.6 Å². The first-order chi connectivity index (χ1) is 25.2. The standard InChI is InChI=1S/C41H66O13/c1-20(2)14-21-15-39(7,48)33-22-8-9-26-37(5)12-11-27(36(3,4)25(37)10-13-38(26,6)40(22)18-41(33,54-21)50-19-40)52-34-31(47)32(23(43)17-49-34)53-35-30(46)29(45)28(44)24(16-42)51-35/h14,21-35,42-48H,8-13,15-19H2,1-7H3/t21-,22+,23+,24+,25-,26-,27+,28+,29-,30+,31+,32-,33-,34-,35-,37+,38+,39+,40+,41+/m1/s1. The van der Waals surface area contributed by atoms with Crippen molar-refractivity contribution in [2.45, 2.75) is 179 Å². The van der Waals surface area contributed by atoms with Crippen molar-refractivity contribution in [1.29, 1.82) is 0 Å². The molecule has 54 heavy (non-hydrogen) atoms. The van der Waals surface area contributed by atoms with Crippen LogP contribution in [0.3, 0.4) is 0 Å². The van der Waals surface area contributed by atoms with E-state index in [0.717, 1.165) is 44.9 Å². The van der Waals surface area contributed by atoms with E-state index in [0.29, 0.717) is 30.8 Å². The van der Waals surface area contributed by atoms with Crippen LogP contribution >= 0.6 is 0 Å². The molecule has 4 saturated heterocycles. The predicted octanol–water partition coefficient (Wildman–Crippen LogP) is 2.14. The molecule has 0 aromatic carbocycles. The molecule has 4 aliphatic carbocycles. The van der Waals surface area contributed by atoms with Gasteiger partial charge in [0, 0.05) is 24.2 Å². The third-order valence-electron chi connectivity index (χ3n) is 16.6. The molecule has 7 N–H and O–H groups in total. The molecule has 4 saturated carbocycles. The minimum atomic E-state index is -1.68. The predicted molar refractivity (Wildman–Crippen MR) is 192 cm³/mol. The van der Waals surface area contributed by atoms with Gasteiger partial charge in [0.25, 0.3) is 0 Å². The van der Waals surface area contributed by atoms with Crippen LogP contribution in [0, 0.1) is 45.3 Å². The minimum Gasteiger partial charge on any atom is -0.394 e. The summed E-state index contributed by atoms with van der Waals surface area (Å²) in [5, 5.41) is 75.0. The van der Waals surface area contributed by atoms with Gasteiger partial charge in [-0.15, -0.1) is 0 Å². The lowest BCUT2D eigenvalue weighted by atomic mass is 9.35. The second kappa shape index (κ2) is 13.4. The molecule has 13 nitrogen and oxygen atoms in total. The Bertz CT molecular complexity index is 1450. The molecule has 0 radical (unpaired) electrons. The molecule has 4 heterocycles. The van der Waals surface area contributed by atoms with Gasteiger partial charge in [-0.25, -0.2) is 0 Å². The van der Waals surface area contributed by atoms with Gasteiger partial charge in [-0.05, 0) is 93.3 Å². The van der Waals surface area contributed by atoms with E-state index in [1.54, 1.807) is 0 Å². The van der Waals surface area contributed by atoms with Crippen molar-refractivity contribution in [2.24, 2.45) is 45.3 Å². The molecular formula is C41H66O13. The summed E-state index contributed by atoms with van der Waals surface area (Å²) in [5.74, 6) is 0.284. The molecule has 0 aromatic heterocycles. The largest absolute Gasteiger partial charge is 0.394 e. The molecule has 4 aliphatic heterocycles. The molecule has 8 fully saturated rings. The van der Waals surface area contributed by atoms with E-state index in [2.05, 4.69) is 47.6 Å². The number of hydrogen-bond acceptors (Lipinski definition) is 13. The number of hydrogen-bond donors (Lipinski definition) is 7. The average Bonchev–Trinajstić information content (AvgIpc) is 3.61. The molecule has 0 aromatic rings. The highest BCUT2D eigenvalue weighted by molar-refractivity contribution is 5.26. The maximum Gasteiger partial charge on any atom is 0.187 e. The molecule has 13 heteroatoms. The molecule has 2 spiro atoms. The number of allylic oxidation sites excluding steroid dienone is 1. The van der Waals surface area contributed by atoms with Crippen molar-refractivity contribution in [3.63, 3.8) is 0 Å². The molecule has 8 aliphatic rings. The van der Waals surface area contributed by atoms with E-state index in [1.807, 2.05) is 6.92 Å². The smallest absolute Gasteiger partial charge is 0.187 e. The van der Waals surface area contributed by atoms with Gasteiger partial charge in [0.2, 0.25) is 0 Å². The first-order valence-electron chi connectivity index (χ1n) is 20.5. The van der Waals surface area contributed by atoms with Crippen molar-refractivity contribution in [3.05, 3.63) is 11.6 Å². The quantitative estimate of drug-likeness (QED) is 0.154. The molecule has 8 rings (SSSR count). The zero-order valence-corrected chi connectivity index (χ0v) is 33.1. The van der Waals surface area contributed by atoms with Gasteiger partial charge in [0.05, 0.1) is 37.6 Å². The lowest BCUT2D eigenvalue weighted by Crippen LogP contribution is -2.67. The summed E-state index contributed by atoms with van der Waals surface area (Å²) < 4.78 is 37.6. The van der Waals surface area contributed by atoms with Crippen LogP contribution in [0.4, 0.5) is 0 Å². The van der Waals surface area contributed by atoms with E-state index in [1.165, 1.54) is 5.57 Å². The average molecular weight is 767 g/mol. The monoisotopic (exact) mass is 766 g/mol. The van der Waals surface area contributed by atoms with Gasteiger partial charge in [-0.2, -0.15) is 0 Å². The first-order valence-corrected chi connectivity index (χ1v) is 20.5. The van der Waals surface area contributed by atoms with E-state index in [4.69, 9.17) is 28.4 Å². The van der Waals surface area contributed by atoms with Gasteiger partial charge >= 0.3 is 0 Å². The summed E-state index contributed by atoms with van der Waals surface area (Å²) in [4.78, 5) is 0. The van der Waals surface area contributed by atoms with Gasteiger partial charge in [-0.1, -0.05) is 39.3 Å². The highest BCUT2D eigenvalue weighted by atomic mass is 16.7.